The van der Waals surface area contributed by atoms with Crippen LogP contribution < -0.4 is 5.32 Å². The highest BCUT2D eigenvalue weighted by Crippen LogP contribution is 2.21. The van der Waals surface area contributed by atoms with Crippen LogP contribution in [0.3, 0.4) is 0 Å². The van der Waals surface area contributed by atoms with Gasteiger partial charge in [0.25, 0.3) is 0 Å². The van der Waals surface area contributed by atoms with Crippen LogP contribution >= 0.6 is 0 Å². The largest absolute Gasteiger partial charge is 0.396 e. The lowest BCUT2D eigenvalue weighted by Gasteiger charge is -2.20. The molecule has 0 aromatic heterocycles. The molecule has 1 aromatic rings. The standard InChI is InChI=1S/C14H23NO/c1-3-10-15-14(9-11-16)13-8-6-5-7-12(13)4-2/h5-8,14-16H,3-4,9-11H2,1-2H3. The Morgan fingerprint density at radius 3 is 2.62 bits per heavy atom. The highest BCUT2D eigenvalue weighted by Gasteiger charge is 2.12. The van der Waals surface area contributed by atoms with Gasteiger partial charge in [-0.2, -0.15) is 0 Å². The van der Waals surface area contributed by atoms with Gasteiger partial charge in [0.1, 0.15) is 0 Å². The minimum absolute atomic E-state index is 0.236. The van der Waals surface area contributed by atoms with Gasteiger partial charge in [0.05, 0.1) is 0 Å². The molecule has 1 atom stereocenters. The van der Waals surface area contributed by atoms with Crippen molar-refractivity contribution in [3.8, 4) is 0 Å². The molecule has 1 rings (SSSR count). The highest BCUT2D eigenvalue weighted by molar-refractivity contribution is 5.30. The first-order chi connectivity index (χ1) is 7.83. The molecule has 2 nitrogen and oxygen atoms in total. The second-order valence-corrected chi connectivity index (χ2v) is 4.07. The molecular weight excluding hydrogens is 198 g/mol. The van der Waals surface area contributed by atoms with Crippen LogP contribution in [0.5, 0.6) is 0 Å². The van der Waals surface area contributed by atoms with Gasteiger partial charge in [-0.25, -0.2) is 0 Å². The lowest BCUT2D eigenvalue weighted by molar-refractivity contribution is 0.265. The van der Waals surface area contributed by atoms with E-state index >= 15 is 0 Å². The second kappa shape index (κ2) is 7.42. The van der Waals surface area contributed by atoms with Crippen molar-refractivity contribution in [3.05, 3.63) is 35.4 Å². The predicted octanol–water partition coefficient (Wildman–Crippen LogP) is 2.67. The molecule has 0 bridgehead atoms. The van der Waals surface area contributed by atoms with Crippen LogP contribution in [-0.4, -0.2) is 18.3 Å². The molecule has 2 N–H and O–H groups in total. The minimum Gasteiger partial charge on any atom is -0.396 e. The summed E-state index contributed by atoms with van der Waals surface area (Å²) in [7, 11) is 0. The van der Waals surface area contributed by atoms with Crippen LogP contribution in [0, 0.1) is 0 Å². The summed E-state index contributed by atoms with van der Waals surface area (Å²) in [5.41, 5.74) is 2.72. The van der Waals surface area contributed by atoms with Gasteiger partial charge in [0.2, 0.25) is 0 Å². The first-order valence-corrected chi connectivity index (χ1v) is 6.25. The van der Waals surface area contributed by atoms with Gasteiger partial charge in [0.15, 0.2) is 0 Å². The SMILES string of the molecule is CCCNC(CCO)c1ccccc1CC. The average Bonchev–Trinajstić information content (AvgIpc) is 2.34. The number of nitrogens with one attached hydrogen (secondary N) is 1. The van der Waals surface area contributed by atoms with E-state index in [0.717, 1.165) is 25.8 Å². The minimum atomic E-state index is 0.236. The maximum Gasteiger partial charge on any atom is 0.0449 e. The van der Waals surface area contributed by atoms with Crippen molar-refractivity contribution in [1.82, 2.24) is 5.32 Å². The van der Waals surface area contributed by atoms with Gasteiger partial charge in [-0.05, 0) is 36.9 Å². The molecule has 1 aromatic carbocycles. The summed E-state index contributed by atoms with van der Waals surface area (Å²) in [4.78, 5) is 0. The highest BCUT2D eigenvalue weighted by atomic mass is 16.3. The van der Waals surface area contributed by atoms with Gasteiger partial charge in [0, 0.05) is 12.6 Å². The summed E-state index contributed by atoms with van der Waals surface area (Å²) < 4.78 is 0. The molecule has 0 aliphatic carbocycles. The smallest absolute Gasteiger partial charge is 0.0449 e. The molecule has 0 aliphatic heterocycles. The quantitative estimate of drug-likeness (QED) is 0.742. The zero-order chi connectivity index (χ0) is 11.8. The second-order valence-electron chi connectivity index (χ2n) is 4.07. The summed E-state index contributed by atoms with van der Waals surface area (Å²) in [5.74, 6) is 0. The third kappa shape index (κ3) is 3.62. The Morgan fingerprint density at radius 1 is 1.25 bits per heavy atom. The molecule has 0 radical (unpaired) electrons. The molecule has 0 spiro atoms. The van der Waals surface area contributed by atoms with Crippen LogP contribution in [-0.2, 0) is 6.42 Å². The van der Waals surface area contributed by atoms with Crippen LogP contribution in [0.1, 0.15) is 43.9 Å². The number of aliphatic hydroxyl groups is 1. The lowest BCUT2D eigenvalue weighted by atomic mass is 9.96. The molecule has 0 saturated carbocycles. The Morgan fingerprint density at radius 2 is 2.00 bits per heavy atom. The fourth-order valence-electron chi connectivity index (χ4n) is 2.01. The Labute approximate surface area is 98.7 Å². The van der Waals surface area contributed by atoms with E-state index in [9.17, 15) is 0 Å². The van der Waals surface area contributed by atoms with E-state index < -0.39 is 0 Å². The third-order valence-corrected chi connectivity index (χ3v) is 2.87. The molecular formula is C14H23NO. The summed E-state index contributed by atoms with van der Waals surface area (Å²) >= 11 is 0. The molecule has 0 heterocycles. The first-order valence-electron chi connectivity index (χ1n) is 6.25. The maximum atomic E-state index is 9.12. The van der Waals surface area contributed by atoms with Gasteiger partial charge in [-0.3, -0.25) is 0 Å². The van der Waals surface area contributed by atoms with Crippen LogP contribution in [0.4, 0.5) is 0 Å². The molecule has 0 fully saturated rings. The maximum absolute atomic E-state index is 9.12. The predicted molar refractivity (Wildman–Crippen MR) is 68.6 cm³/mol. The number of rotatable bonds is 7. The molecule has 90 valence electrons. The van der Waals surface area contributed by atoms with Gasteiger partial charge >= 0.3 is 0 Å². The Balaban J connectivity index is 2.81. The van der Waals surface area contributed by atoms with Gasteiger partial charge < -0.3 is 10.4 Å². The summed E-state index contributed by atoms with van der Waals surface area (Å²) in [6.07, 6.45) is 2.96. The van der Waals surface area contributed by atoms with E-state index in [1.54, 1.807) is 0 Å². The van der Waals surface area contributed by atoms with Gasteiger partial charge in [-0.1, -0.05) is 38.1 Å². The van der Waals surface area contributed by atoms with Crippen LogP contribution in [0.15, 0.2) is 24.3 Å². The molecule has 2 heteroatoms. The fourth-order valence-corrected chi connectivity index (χ4v) is 2.01. The Hall–Kier alpha value is -0.860. The Bertz CT molecular complexity index is 299. The average molecular weight is 221 g/mol. The van der Waals surface area contributed by atoms with Crippen LogP contribution in [0.2, 0.25) is 0 Å². The summed E-state index contributed by atoms with van der Waals surface area (Å²) in [5, 5.41) is 12.6. The normalized spacial score (nSPS) is 12.7. The van der Waals surface area contributed by atoms with Crippen molar-refractivity contribution in [1.29, 1.82) is 0 Å². The topological polar surface area (TPSA) is 32.3 Å². The molecule has 0 aliphatic rings. The summed E-state index contributed by atoms with van der Waals surface area (Å²) in [6.45, 7) is 5.57. The van der Waals surface area contributed by atoms with E-state index in [1.807, 2.05) is 0 Å². The van der Waals surface area contributed by atoms with Crippen molar-refractivity contribution in [2.45, 2.75) is 39.2 Å². The third-order valence-electron chi connectivity index (χ3n) is 2.87. The van der Waals surface area contributed by atoms with Crippen molar-refractivity contribution in [2.24, 2.45) is 0 Å². The lowest BCUT2D eigenvalue weighted by Crippen LogP contribution is -2.24. The van der Waals surface area contributed by atoms with Crippen molar-refractivity contribution >= 4 is 0 Å². The van der Waals surface area contributed by atoms with Crippen LogP contribution in [0.25, 0.3) is 0 Å². The first kappa shape index (κ1) is 13.2. The van der Waals surface area contributed by atoms with Crippen molar-refractivity contribution in [2.75, 3.05) is 13.2 Å². The van der Waals surface area contributed by atoms with E-state index in [4.69, 9.17) is 5.11 Å². The van der Waals surface area contributed by atoms with E-state index in [-0.39, 0.29) is 6.61 Å². The number of hydrogen-bond acceptors (Lipinski definition) is 2. The number of hydrogen-bond donors (Lipinski definition) is 2. The fraction of sp³-hybridized carbons (Fsp3) is 0.571. The number of aryl methyl sites for hydroxylation is 1. The molecule has 0 saturated heterocycles. The summed E-state index contributed by atoms with van der Waals surface area (Å²) in [6, 6.07) is 8.79. The number of aliphatic hydroxyl groups excluding tert-OH is 1. The zero-order valence-electron chi connectivity index (χ0n) is 10.4. The molecule has 0 amide bonds. The van der Waals surface area contributed by atoms with E-state index in [1.165, 1.54) is 11.1 Å². The van der Waals surface area contributed by atoms with Gasteiger partial charge in [-0.15, -0.1) is 0 Å². The molecule has 16 heavy (non-hydrogen) atoms. The monoisotopic (exact) mass is 221 g/mol. The molecule has 1 unspecified atom stereocenters. The van der Waals surface area contributed by atoms with E-state index in [0.29, 0.717) is 6.04 Å². The van der Waals surface area contributed by atoms with Crippen molar-refractivity contribution in [3.63, 3.8) is 0 Å². The Kier molecular flexibility index (Phi) is 6.12. The number of benzene rings is 1. The zero-order valence-corrected chi connectivity index (χ0v) is 10.4. The van der Waals surface area contributed by atoms with Crippen molar-refractivity contribution < 1.29 is 5.11 Å². The van der Waals surface area contributed by atoms with E-state index in [2.05, 4.69) is 43.4 Å².